The van der Waals surface area contributed by atoms with Crippen molar-refractivity contribution in [2.24, 2.45) is 0 Å². The summed E-state index contributed by atoms with van der Waals surface area (Å²) in [6.07, 6.45) is 3.75. The molecule has 1 fully saturated rings. The second-order valence-electron chi connectivity index (χ2n) is 2.94. The van der Waals surface area contributed by atoms with Gasteiger partial charge in [0.05, 0.1) is 18.8 Å². The summed E-state index contributed by atoms with van der Waals surface area (Å²) >= 11 is 1.55. The van der Waals surface area contributed by atoms with Crippen LogP contribution in [-0.4, -0.2) is 23.5 Å². The maximum Gasteiger partial charge on any atom is 0.0823 e. The molecule has 0 aliphatic carbocycles. The molecule has 0 radical (unpaired) electrons. The molecule has 3 heteroatoms. The summed E-state index contributed by atoms with van der Waals surface area (Å²) in [5.41, 5.74) is 0. The van der Waals surface area contributed by atoms with E-state index in [2.05, 4.69) is 18.2 Å². The molecular weight excluding hydrogens is 158 g/mol. The van der Waals surface area contributed by atoms with Gasteiger partial charge in [-0.15, -0.1) is 0 Å². The van der Waals surface area contributed by atoms with Gasteiger partial charge in [-0.2, -0.15) is 0 Å². The van der Waals surface area contributed by atoms with Crippen molar-refractivity contribution in [3.63, 3.8) is 0 Å². The fourth-order valence-electron chi connectivity index (χ4n) is 1.32. The van der Waals surface area contributed by atoms with Gasteiger partial charge in [0.1, 0.15) is 0 Å². The van der Waals surface area contributed by atoms with Crippen LogP contribution in [-0.2, 0) is 4.18 Å². The molecule has 0 spiro atoms. The molecule has 0 N–H and O–H groups in total. The highest BCUT2D eigenvalue weighted by Gasteiger charge is 2.24. The molecule has 11 heavy (non-hydrogen) atoms. The van der Waals surface area contributed by atoms with Crippen LogP contribution in [0.3, 0.4) is 0 Å². The van der Waals surface area contributed by atoms with Gasteiger partial charge in [0.2, 0.25) is 0 Å². The van der Waals surface area contributed by atoms with E-state index in [9.17, 15) is 0 Å². The Morgan fingerprint density at radius 2 is 2.27 bits per heavy atom. The molecule has 0 aromatic heterocycles. The molecule has 2 nitrogen and oxygen atoms in total. The predicted octanol–water partition coefficient (Wildman–Crippen LogP) is 2.46. The van der Waals surface area contributed by atoms with Crippen molar-refractivity contribution in [2.75, 3.05) is 13.2 Å². The summed E-state index contributed by atoms with van der Waals surface area (Å²) in [5.74, 6) is 0. The van der Waals surface area contributed by atoms with Crippen LogP contribution in [0.5, 0.6) is 0 Å². The Hall–Kier alpha value is 0.270. The molecule has 0 saturated carbocycles. The zero-order valence-electron chi connectivity index (χ0n) is 7.38. The van der Waals surface area contributed by atoms with Crippen molar-refractivity contribution >= 4 is 12.2 Å². The summed E-state index contributed by atoms with van der Waals surface area (Å²) < 4.78 is 7.68. The Morgan fingerprint density at radius 1 is 1.45 bits per heavy atom. The Morgan fingerprint density at radius 3 is 2.91 bits per heavy atom. The first kappa shape index (κ1) is 9.36. The van der Waals surface area contributed by atoms with E-state index in [0.29, 0.717) is 6.04 Å². The van der Waals surface area contributed by atoms with Gasteiger partial charge in [0, 0.05) is 12.6 Å². The Labute approximate surface area is 73.6 Å². The molecule has 1 rings (SSSR count). The smallest absolute Gasteiger partial charge is 0.0823 e. The van der Waals surface area contributed by atoms with Crippen molar-refractivity contribution < 1.29 is 4.18 Å². The lowest BCUT2D eigenvalue weighted by atomic mass is 10.2. The monoisotopic (exact) mass is 175 g/mol. The van der Waals surface area contributed by atoms with Crippen LogP contribution in [0.1, 0.15) is 33.1 Å². The van der Waals surface area contributed by atoms with E-state index in [-0.39, 0.29) is 0 Å². The lowest BCUT2D eigenvalue weighted by molar-refractivity contribution is 0.296. The van der Waals surface area contributed by atoms with Crippen LogP contribution in [0, 0.1) is 0 Å². The van der Waals surface area contributed by atoms with Crippen molar-refractivity contribution in [3.8, 4) is 0 Å². The predicted molar refractivity (Wildman–Crippen MR) is 49.2 cm³/mol. The van der Waals surface area contributed by atoms with Crippen LogP contribution in [0.15, 0.2) is 0 Å². The SMILES string of the molecule is CCC[C@H]1COSN1CCC. The van der Waals surface area contributed by atoms with Gasteiger partial charge in [0.25, 0.3) is 0 Å². The second kappa shape index (κ2) is 5.01. The van der Waals surface area contributed by atoms with Crippen LogP contribution in [0.25, 0.3) is 0 Å². The third-order valence-corrected chi connectivity index (χ3v) is 2.80. The first-order chi connectivity index (χ1) is 5.38. The number of nitrogens with zero attached hydrogens (tertiary/aromatic N) is 1. The van der Waals surface area contributed by atoms with E-state index in [4.69, 9.17) is 4.18 Å². The van der Waals surface area contributed by atoms with Crippen molar-refractivity contribution in [2.45, 2.75) is 39.2 Å². The van der Waals surface area contributed by atoms with E-state index in [0.717, 1.165) is 13.2 Å². The minimum atomic E-state index is 0.671. The topological polar surface area (TPSA) is 12.5 Å². The summed E-state index contributed by atoms with van der Waals surface area (Å²) in [5, 5.41) is 0. The number of hydrogen-bond acceptors (Lipinski definition) is 3. The van der Waals surface area contributed by atoms with Gasteiger partial charge in [-0.3, -0.25) is 4.18 Å². The molecule has 1 aliphatic rings. The van der Waals surface area contributed by atoms with E-state index in [1.165, 1.54) is 19.3 Å². The largest absolute Gasteiger partial charge is 0.299 e. The van der Waals surface area contributed by atoms with Gasteiger partial charge < -0.3 is 0 Å². The third kappa shape index (κ3) is 2.65. The molecule has 1 atom stereocenters. The molecule has 66 valence electrons. The van der Waals surface area contributed by atoms with Gasteiger partial charge >= 0.3 is 0 Å². The van der Waals surface area contributed by atoms with E-state index >= 15 is 0 Å². The quantitative estimate of drug-likeness (QED) is 0.481. The van der Waals surface area contributed by atoms with Gasteiger partial charge in [-0.25, -0.2) is 4.31 Å². The van der Waals surface area contributed by atoms with E-state index < -0.39 is 0 Å². The van der Waals surface area contributed by atoms with E-state index in [1.807, 2.05) is 0 Å². The highest BCUT2D eigenvalue weighted by molar-refractivity contribution is 7.92. The minimum absolute atomic E-state index is 0.671. The highest BCUT2D eigenvalue weighted by atomic mass is 32.2. The lowest BCUT2D eigenvalue weighted by Crippen LogP contribution is -2.26. The molecule has 0 aromatic carbocycles. The zero-order chi connectivity index (χ0) is 8.10. The van der Waals surface area contributed by atoms with Crippen LogP contribution >= 0.6 is 12.2 Å². The Balaban J connectivity index is 2.25. The first-order valence-corrected chi connectivity index (χ1v) is 5.14. The van der Waals surface area contributed by atoms with Crippen molar-refractivity contribution in [3.05, 3.63) is 0 Å². The lowest BCUT2D eigenvalue weighted by Gasteiger charge is -2.18. The summed E-state index contributed by atoms with van der Waals surface area (Å²) in [6, 6.07) is 0.671. The number of rotatable bonds is 4. The van der Waals surface area contributed by atoms with Crippen LogP contribution in [0.2, 0.25) is 0 Å². The fraction of sp³-hybridized carbons (Fsp3) is 1.00. The van der Waals surface area contributed by atoms with Gasteiger partial charge in [-0.05, 0) is 12.8 Å². The Kier molecular flexibility index (Phi) is 4.26. The normalized spacial score (nSPS) is 26.2. The van der Waals surface area contributed by atoms with Crippen LogP contribution in [0.4, 0.5) is 0 Å². The van der Waals surface area contributed by atoms with Gasteiger partial charge in [-0.1, -0.05) is 20.3 Å². The number of hydrogen-bond donors (Lipinski definition) is 0. The molecule has 1 aliphatic heterocycles. The molecule has 0 bridgehead atoms. The zero-order valence-corrected chi connectivity index (χ0v) is 8.19. The maximum absolute atomic E-state index is 5.32. The third-order valence-electron chi connectivity index (χ3n) is 1.88. The minimum Gasteiger partial charge on any atom is -0.299 e. The highest BCUT2D eigenvalue weighted by Crippen LogP contribution is 2.27. The maximum atomic E-state index is 5.32. The molecular formula is C8H17NOS. The summed E-state index contributed by atoms with van der Waals surface area (Å²) in [4.78, 5) is 0. The summed E-state index contributed by atoms with van der Waals surface area (Å²) in [7, 11) is 0. The fourth-order valence-corrected chi connectivity index (χ4v) is 2.22. The second-order valence-corrected chi connectivity index (χ2v) is 3.80. The molecule has 1 saturated heterocycles. The molecule has 0 aromatic rings. The van der Waals surface area contributed by atoms with Crippen molar-refractivity contribution in [1.29, 1.82) is 0 Å². The Bertz CT molecular complexity index is 98.3. The average Bonchev–Trinajstić information content (AvgIpc) is 2.39. The molecule has 0 unspecified atom stereocenters. The molecule has 1 heterocycles. The van der Waals surface area contributed by atoms with Gasteiger partial charge in [0.15, 0.2) is 0 Å². The average molecular weight is 175 g/mol. The summed E-state index contributed by atoms with van der Waals surface area (Å²) in [6.45, 7) is 6.52. The standard InChI is InChI=1S/C8H17NOS/c1-3-5-8-7-10-11-9(8)6-4-2/h8H,3-7H2,1-2H3/t8-/m0/s1. The van der Waals surface area contributed by atoms with Crippen LogP contribution < -0.4 is 0 Å². The first-order valence-electron chi connectivity index (χ1n) is 4.44. The van der Waals surface area contributed by atoms with Crippen molar-refractivity contribution in [1.82, 2.24) is 4.31 Å². The molecule has 0 amide bonds. The van der Waals surface area contributed by atoms with E-state index in [1.54, 1.807) is 12.2 Å².